The minimum absolute atomic E-state index is 0.212. The van der Waals surface area contributed by atoms with Crippen molar-refractivity contribution in [2.24, 2.45) is 5.41 Å². The molecule has 5 rings (SSSR count). The Morgan fingerprint density at radius 3 is 1.71 bits per heavy atom. The molecule has 0 bridgehead atoms. The van der Waals surface area contributed by atoms with Crippen LogP contribution in [-0.2, 0) is 15.8 Å². The minimum atomic E-state index is -4.74. The van der Waals surface area contributed by atoms with Crippen LogP contribution in [0.15, 0.2) is 91.1 Å². The predicted octanol–water partition coefficient (Wildman–Crippen LogP) is 7.33. The average Bonchev–Trinajstić information content (AvgIpc) is 3.00. The van der Waals surface area contributed by atoms with Crippen molar-refractivity contribution in [3.05, 3.63) is 120 Å². The first-order valence-electron chi connectivity index (χ1n) is 13.2. The molecular weight excluding hydrogens is 609 g/mol. The van der Waals surface area contributed by atoms with Gasteiger partial charge in [-0.2, -0.15) is 13.2 Å². The molecule has 0 spiro atoms. The van der Waals surface area contributed by atoms with Gasteiger partial charge in [0.05, 0.1) is 11.4 Å². The molecule has 1 fully saturated rings. The number of alkyl halides is 3. The third kappa shape index (κ3) is 6.35. The van der Waals surface area contributed by atoms with Gasteiger partial charge in [0.1, 0.15) is 22.7 Å². The van der Waals surface area contributed by atoms with Gasteiger partial charge in [0, 0.05) is 17.4 Å². The van der Waals surface area contributed by atoms with Crippen LogP contribution in [0.2, 0.25) is 0 Å². The number of hydrogen-bond donors (Lipinski definition) is 1. The topological polar surface area (TPSA) is 82.6 Å². The largest absolute Gasteiger partial charge is 0.433 e. The molecule has 0 saturated heterocycles. The minimum Gasteiger partial charge on any atom is -0.322 e. The summed E-state index contributed by atoms with van der Waals surface area (Å²) in [5.41, 5.74) is -3.77. The Morgan fingerprint density at radius 1 is 0.756 bits per heavy atom. The number of carbonyl (C=O) groups is 3. The van der Waals surface area contributed by atoms with Gasteiger partial charge in [0.15, 0.2) is 0 Å². The van der Waals surface area contributed by atoms with Crippen LogP contribution < -0.4 is 15.6 Å². The number of anilines is 3. The number of halogens is 7. The maximum absolute atomic E-state index is 15.3. The first kappa shape index (κ1) is 31.2. The zero-order chi connectivity index (χ0) is 32.5. The highest BCUT2D eigenvalue weighted by Gasteiger charge is 2.60. The molecule has 45 heavy (non-hydrogen) atoms. The van der Waals surface area contributed by atoms with E-state index < -0.39 is 52.6 Å². The lowest BCUT2D eigenvalue weighted by molar-refractivity contribution is -0.151. The van der Waals surface area contributed by atoms with E-state index in [1.165, 1.54) is 24.3 Å². The Bertz CT molecular complexity index is 1660. The van der Waals surface area contributed by atoms with Crippen molar-refractivity contribution in [1.82, 2.24) is 4.98 Å². The van der Waals surface area contributed by atoms with Crippen LogP contribution in [0.1, 0.15) is 40.4 Å². The van der Waals surface area contributed by atoms with Gasteiger partial charge < -0.3 is 5.32 Å². The van der Waals surface area contributed by atoms with E-state index in [4.69, 9.17) is 0 Å². The second-order valence-electron chi connectivity index (χ2n) is 10.3. The highest BCUT2D eigenvalue weighted by atomic mass is 19.4. The fourth-order valence-electron chi connectivity index (χ4n) is 4.98. The summed E-state index contributed by atoms with van der Waals surface area (Å²) < 4.78 is 96.2. The van der Waals surface area contributed by atoms with Crippen molar-refractivity contribution in [3.8, 4) is 0 Å². The first-order chi connectivity index (χ1) is 21.3. The third-order valence-corrected chi connectivity index (χ3v) is 7.42. The molecule has 0 atom stereocenters. The number of hydrogen-bond acceptors (Lipinski definition) is 4. The van der Waals surface area contributed by atoms with Crippen molar-refractivity contribution < 1.29 is 45.3 Å². The summed E-state index contributed by atoms with van der Waals surface area (Å²) in [4.78, 5) is 42.5. The number of benzene rings is 3. The van der Waals surface area contributed by atoms with E-state index in [1.807, 2.05) is 0 Å². The number of amides is 3. The second-order valence-corrected chi connectivity index (χ2v) is 10.3. The normalized spacial score (nSPS) is 14.3. The average molecular weight is 631 g/mol. The SMILES string of the molecule is O=C(Nc1ccc(C2CC(C(=O)N(F)c3ccc(F)cc3)(C(=O)N(F)c3ccc(F)cc3)C2)cc1)c1ccnc(C(F)(F)F)c1. The van der Waals surface area contributed by atoms with Crippen molar-refractivity contribution in [1.29, 1.82) is 0 Å². The maximum atomic E-state index is 15.3. The molecule has 7 nitrogen and oxygen atoms in total. The molecule has 1 heterocycles. The maximum Gasteiger partial charge on any atom is 0.433 e. The summed E-state index contributed by atoms with van der Waals surface area (Å²) in [7, 11) is 0. The molecule has 14 heteroatoms. The first-order valence-corrected chi connectivity index (χ1v) is 13.2. The van der Waals surface area contributed by atoms with E-state index in [-0.39, 0.29) is 45.7 Å². The highest BCUT2D eigenvalue weighted by Crippen LogP contribution is 2.54. The van der Waals surface area contributed by atoms with Crippen LogP contribution in [0.3, 0.4) is 0 Å². The number of aromatic nitrogens is 1. The summed E-state index contributed by atoms with van der Waals surface area (Å²) in [6, 6.07) is 15.1. The van der Waals surface area contributed by atoms with E-state index in [0.717, 1.165) is 60.8 Å². The third-order valence-electron chi connectivity index (χ3n) is 7.42. The number of rotatable bonds is 7. The molecule has 1 N–H and O–H groups in total. The van der Waals surface area contributed by atoms with Crippen LogP contribution in [0.5, 0.6) is 0 Å². The highest BCUT2D eigenvalue weighted by molar-refractivity contribution is 6.16. The van der Waals surface area contributed by atoms with E-state index in [2.05, 4.69) is 10.3 Å². The van der Waals surface area contributed by atoms with E-state index in [9.17, 15) is 36.3 Å². The fraction of sp³-hybridized carbons (Fsp3) is 0.161. The predicted molar refractivity (Wildman–Crippen MR) is 148 cm³/mol. The van der Waals surface area contributed by atoms with E-state index >= 15 is 8.96 Å². The molecule has 0 unspecified atom stereocenters. The lowest BCUT2D eigenvalue weighted by Gasteiger charge is -2.46. The van der Waals surface area contributed by atoms with Crippen LogP contribution in [0, 0.1) is 17.0 Å². The summed E-state index contributed by atoms with van der Waals surface area (Å²) in [6.07, 6.45) is -4.56. The standard InChI is InChI=1S/C31H21F7N4O3/c32-21-3-9-24(10-4-21)41(37)28(44)30(29(45)42(38)25-11-5-22(33)6-12-25)16-20(17-30)18-1-7-23(8-2-18)40-27(43)19-13-14-39-26(15-19)31(34,35)36/h1-15,20H,16-17H2,(H,40,43). The quantitative estimate of drug-likeness (QED) is 0.132. The van der Waals surface area contributed by atoms with Crippen molar-refractivity contribution >= 4 is 34.8 Å². The summed E-state index contributed by atoms with van der Waals surface area (Å²) in [5.74, 6) is -5.57. The van der Waals surface area contributed by atoms with Crippen LogP contribution in [0.4, 0.5) is 48.0 Å². The fourth-order valence-corrected chi connectivity index (χ4v) is 4.98. The monoisotopic (exact) mass is 630 g/mol. The Hall–Kier alpha value is -5.27. The van der Waals surface area contributed by atoms with Crippen LogP contribution in [-0.4, -0.2) is 22.7 Å². The zero-order valence-corrected chi connectivity index (χ0v) is 22.9. The lowest BCUT2D eigenvalue weighted by atomic mass is 9.58. The van der Waals surface area contributed by atoms with E-state index in [1.54, 1.807) is 0 Å². The van der Waals surface area contributed by atoms with E-state index in [0.29, 0.717) is 11.6 Å². The number of carbonyl (C=O) groups excluding carboxylic acids is 3. The Morgan fingerprint density at radius 2 is 1.24 bits per heavy atom. The lowest BCUT2D eigenvalue weighted by Crippen LogP contribution is -2.57. The second kappa shape index (κ2) is 12.0. The van der Waals surface area contributed by atoms with Crippen LogP contribution in [0.25, 0.3) is 0 Å². The summed E-state index contributed by atoms with van der Waals surface area (Å²) >= 11 is 0. The zero-order valence-electron chi connectivity index (χ0n) is 22.9. The Labute approximate surface area is 250 Å². The molecule has 3 aromatic carbocycles. The van der Waals surface area contributed by atoms with Crippen molar-refractivity contribution in [2.75, 3.05) is 15.6 Å². The Balaban J connectivity index is 1.35. The Kier molecular flexibility index (Phi) is 8.32. The molecule has 4 aromatic rings. The molecule has 1 aliphatic carbocycles. The number of nitrogens with one attached hydrogen (secondary N) is 1. The molecular formula is C31H21F7N4O3. The molecule has 232 valence electrons. The molecule has 1 aromatic heterocycles. The molecule has 0 radical (unpaired) electrons. The molecule has 0 aliphatic heterocycles. The number of nitrogens with zero attached hydrogens (tertiary/aromatic N) is 3. The van der Waals surface area contributed by atoms with Gasteiger partial charge in [0.25, 0.3) is 17.7 Å². The number of pyridine rings is 1. The summed E-state index contributed by atoms with van der Waals surface area (Å²) in [5, 5.41) is 1.75. The smallest absolute Gasteiger partial charge is 0.322 e. The summed E-state index contributed by atoms with van der Waals surface area (Å²) in [6.45, 7) is 0. The molecule has 3 amide bonds. The van der Waals surface area contributed by atoms with Gasteiger partial charge in [0.2, 0.25) is 0 Å². The van der Waals surface area contributed by atoms with Gasteiger partial charge in [-0.3, -0.25) is 19.4 Å². The van der Waals surface area contributed by atoms with Gasteiger partial charge in [-0.05, 0) is 97.1 Å². The molecule has 1 aliphatic rings. The molecule has 1 saturated carbocycles. The van der Waals surface area contributed by atoms with Crippen LogP contribution >= 0.6 is 0 Å². The van der Waals surface area contributed by atoms with Crippen molar-refractivity contribution in [3.63, 3.8) is 0 Å². The van der Waals surface area contributed by atoms with Gasteiger partial charge >= 0.3 is 6.18 Å². The van der Waals surface area contributed by atoms with Crippen molar-refractivity contribution in [2.45, 2.75) is 24.9 Å². The van der Waals surface area contributed by atoms with Gasteiger partial charge in [-0.25, -0.2) is 8.78 Å². The van der Waals surface area contributed by atoms with Gasteiger partial charge in [-0.15, -0.1) is 10.2 Å². The van der Waals surface area contributed by atoms with Gasteiger partial charge in [-0.1, -0.05) is 21.1 Å².